The summed E-state index contributed by atoms with van der Waals surface area (Å²) in [6.45, 7) is 2.04. The molecule has 5 heteroatoms. The van der Waals surface area contributed by atoms with E-state index >= 15 is 0 Å². The summed E-state index contributed by atoms with van der Waals surface area (Å²) in [6, 6.07) is 5.59. The first-order chi connectivity index (χ1) is 8.74. The number of hydrogen-bond donors (Lipinski definition) is 3. The minimum atomic E-state index is 0.413. The van der Waals surface area contributed by atoms with Crippen LogP contribution in [0.15, 0.2) is 18.2 Å². The number of fused-ring (bicyclic) bond motifs is 1. The predicted octanol–water partition coefficient (Wildman–Crippen LogP) is 1.26. The molecule has 0 saturated carbocycles. The van der Waals surface area contributed by atoms with Crippen LogP contribution in [0.3, 0.4) is 0 Å². The van der Waals surface area contributed by atoms with Crippen LogP contribution in [0.5, 0.6) is 0 Å². The Labute approximate surface area is 106 Å². The zero-order valence-corrected chi connectivity index (χ0v) is 10.2. The van der Waals surface area contributed by atoms with E-state index in [4.69, 9.17) is 11.5 Å². The summed E-state index contributed by atoms with van der Waals surface area (Å²) < 4.78 is 0. The SMILES string of the molecule is Nc1ccc2nc(C3CCNCC3)nc(N)c2c1. The lowest BCUT2D eigenvalue weighted by atomic mass is 9.97. The molecule has 3 rings (SSSR count). The van der Waals surface area contributed by atoms with Crippen LogP contribution in [0.4, 0.5) is 11.5 Å². The molecule has 18 heavy (non-hydrogen) atoms. The molecule has 1 aliphatic rings. The van der Waals surface area contributed by atoms with Gasteiger partial charge >= 0.3 is 0 Å². The standard InChI is InChI=1S/C13H17N5/c14-9-1-2-11-10(7-9)12(15)18-13(17-11)8-3-5-16-6-4-8/h1-2,7-8,16H,3-6,14H2,(H2,15,17,18). The van der Waals surface area contributed by atoms with Gasteiger partial charge in [-0.25, -0.2) is 9.97 Å². The molecule has 1 aliphatic heterocycles. The van der Waals surface area contributed by atoms with Gasteiger partial charge in [-0.3, -0.25) is 0 Å². The lowest BCUT2D eigenvalue weighted by molar-refractivity contribution is 0.446. The molecular formula is C13H17N5. The Bertz CT molecular complexity index is 575. The minimum Gasteiger partial charge on any atom is -0.399 e. The van der Waals surface area contributed by atoms with Gasteiger partial charge in [0.2, 0.25) is 0 Å². The zero-order chi connectivity index (χ0) is 12.5. The number of nitrogens with one attached hydrogen (secondary N) is 1. The van der Waals surface area contributed by atoms with Crippen LogP contribution in [0.1, 0.15) is 24.6 Å². The number of benzene rings is 1. The summed E-state index contributed by atoms with van der Waals surface area (Å²) in [5.74, 6) is 1.81. The third-order valence-electron chi connectivity index (χ3n) is 3.47. The van der Waals surface area contributed by atoms with Crippen molar-refractivity contribution in [2.45, 2.75) is 18.8 Å². The van der Waals surface area contributed by atoms with Gasteiger partial charge in [-0.15, -0.1) is 0 Å². The minimum absolute atomic E-state index is 0.413. The van der Waals surface area contributed by atoms with E-state index in [2.05, 4.69) is 15.3 Å². The monoisotopic (exact) mass is 243 g/mol. The molecule has 1 aromatic carbocycles. The van der Waals surface area contributed by atoms with E-state index in [1.807, 2.05) is 18.2 Å². The van der Waals surface area contributed by atoms with Crippen LogP contribution in [0.2, 0.25) is 0 Å². The summed E-state index contributed by atoms with van der Waals surface area (Å²) in [5, 5.41) is 4.18. The first-order valence-electron chi connectivity index (χ1n) is 6.27. The molecule has 5 N–H and O–H groups in total. The van der Waals surface area contributed by atoms with Crippen LogP contribution >= 0.6 is 0 Å². The van der Waals surface area contributed by atoms with Gasteiger partial charge in [0.15, 0.2) is 0 Å². The fourth-order valence-electron chi connectivity index (χ4n) is 2.45. The second kappa shape index (κ2) is 4.42. The molecule has 94 valence electrons. The first-order valence-corrected chi connectivity index (χ1v) is 6.27. The Hall–Kier alpha value is -1.88. The maximum absolute atomic E-state index is 6.01. The van der Waals surface area contributed by atoms with Gasteiger partial charge < -0.3 is 16.8 Å². The van der Waals surface area contributed by atoms with E-state index in [9.17, 15) is 0 Å². The second-order valence-corrected chi connectivity index (χ2v) is 4.77. The van der Waals surface area contributed by atoms with Gasteiger partial charge in [-0.05, 0) is 44.1 Å². The molecule has 0 bridgehead atoms. The lowest BCUT2D eigenvalue weighted by Crippen LogP contribution is -2.27. The number of nitrogens with two attached hydrogens (primary N) is 2. The Morgan fingerprint density at radius 1 is 1.11 bits per heavy atom. The topological polar surface area (TPSA) is 89.8 Å². The fraction of sp³-hybridized carbons (Fsp3) is 0.385. The highest BCUT2D eigenvalue weighted by molar-refractivity contribution is 5.90. The molecule has 0 aliphatic carbocycles. The number of rotatable bonds is 1. The van der Waals surface area contributed by atoms with Crippen LogP contribution in [0, 0.1) is 0 Å². The molecule has 0 radical (unpaired) electrons. The number of piperidine rings is 1. The average molecular weight is 243 g/mol. The molecule has 5 nitrogen and oxygen atoms in total. The normalized spacial score (nSPS) is 17.1. The number of anilines is 2. The molecule has 1 saturated heterocycles. The summed E-state index contributed by atoms with van der Waals surface area (Å²) in [5.41, 5.74) is 13.3. The van der Waals surface area contributed by atoms with Crippen LogP contribution < -0.4 is 16.8 Å². The van der Waals surface area contributed by atoms with Crippen molar-refractivity contribution >= 4 is 22.4 Å². The Morgan fingerprint density at radius 3 is 2.67 bits per heavy atom. The average Bonchev–Trinajstić information content (AvgIpc) is 2.40. The number of aromatic nitrogens is 2. The van der Waals surface area contributed by atoms with E-state index in [0.717, 1.165) is 42.7 Å². The van der Waals surface area contributed by atoms with Gasteiger partial charge in [0, 0.05) is 17.0 Å². The summed E-state index contributed by atoms with van der Waals surface area (Å²) in [7, 11) is 0. The van der Waals surface area contributed by atoms with Crippen molar-refractivity contribution < 1.29 is 0 Å². The van der Waals surface area contributed by atoms with Gasteiger partial charge in [-0.2, -0.15) is 0 Å². The lowest BCUT2D eigenvalue weighted by Gasteiger charge is -2.21. The molecule has 0 amide bonds. The second-order valence-electron chi connectivity index (χ2n) is 4.77. The fourth-order valence-corrected chi connectivity index (χ4v) is 2.45. The van der Waals surface area contributed by atoms with Gasteiger partial charge in [0.05, 0.1) is 5.52 Å². The predicted molar refractivity (Wildman–Crippen MR) is 73.2 cm³/mol. The quantitative estimate of drug-likeness (QED) is 0.656. The van der Waals surface area contributed by atoms with Crippen LogP contribution in [-0.4, -0.2) is 23.1 Å². The molecule has 0 spiro atoms. The van der Waals surface area contributed by atoms with Crippen LogP contribution in [0.25, 0.3) is 10.9 Å². The molecule has 0 unspecified atom stereocenters. The van der Waals surface area contributed by atoms with E-state index in [-0.39, 0.29) is 0 Å². The molecule has 0 atom stereocenters. The van der Waals surface area contributed by atoms with Crippen LogP contribution in [-0.2, 0) is 0 Å². The first kappa shape index (κ1) is 11.2. The maximum atomic E-state index is 6.01. The molecular weight excluding hydrogens is 226 g/mol. The molecule has 2 heterocycles. The van der Waals surface area contributed by atoms with Crippen molar-refractivity contribution in [2.75, 3.05) is 24.6 Å². The van der Waals surface area contributed by atoms with E-state index in [1.54, 1.807) is 0 Å². The van der Waals surface area contributed by atoms with E-state index < -0.39 is 0 Å². The number of hydrogen-bond acceptors (Lipinski definition) is 5. The Balaban J connectivity index is 2.06. The van der Waals surface area contributed by atoms with Gasteiger partial charge in [0.1, 0.15) is 11.6 Å². The van der Waals surface area contributed by atoms with Crippen molar-refractivity contribution in [2.24, 2.45) is 0 Å². The summed E-state index contributed by atoms with van der Waals surface area (Å²) in [4.78, 5) is 9.08. The third kappa shape index (κ3) is 1.97. The zero-order valence-electron chi connectivity index (χ0n) is 10.2. The Kier molecular flexibility index (Phi) is 2.76. The highest BCUT2D eigenvalue weighted by Crippen LogP contribution is 2.27. The highest BCUT2D eigenvalue weighted by Gasteiger charge is 2.19. The van der Waals surface area contributed by atoms with Crippen molar-refractivity contribution in [1.29, 1.82) is 0 Å². The molecule has 1 fully saturated rings. The Morgan fingerprint density at radius 2 is 1.89 bits per heavy atom. The van der Waals surface area contributed by atoms with Crippen molar-refractivity contribution in [1.82, 2.24) is 15.3 Å². The summed E-state index contributed by atoms with van der Waals surface area (Å²) in [6.07, 6.45) is 2.14. The third-order valence-corrected chi connectivity index (χ3v) is 3.47. The molecule has 2 aromatic rings. The van der Waals surface area contributed by atoms with Gasteiger partial charge in [0.25, 0.3) is 0 Å². The smallest absolute Gasteiger partial charge is 0.135 e. The number of nitrogens with zero attached hydrogens (tertiary/aromatic N) is 2. The largest absolute Gasteiger partial charge is 0.399 e. The van der Waals surface area contributed by atoms with E-state index in [1.165, 1.54) is 0 Å². The van der Waals surface area contributed by atoms with Crippen molar-refractivity contribution in [3.05, 3.63) is 24.0 Å². The van der Waals surface area contributed by atoms with Crippen molar-refractivity contribution in [3.8, 4) is 0 Å². The maximum Gasteiger partial charge on any atom is 0.135 e. The molecule has 1 aromatic heterocycles. The van der Waals surface area contributed by atoms with Gasteiger partial charge in [-0.1, -0.05) is 0 Å². The van der Waals surface area contributed by atoms with E-state index in [0.29, 0.717) is 17.4 Å². The van der Waals surface area contributed by atoms with Crippen molar-refractivity contribution in [3.63, 3.8) is 0 Å². The summed E-state index contributed by atoms with van der Waals surface area (Å²) >= 11 is 0. The highest BCUT2D eigenvalue weighted by atomic mass is 15.0. The number of nitrogen functional groups attached to an aromatic ring is 2.